The summed E-state index contributed by atoms with van der Waals surface area (Å²) in [6.07, 6.45) is 1.94. The average Bonchev–Trinajstić information content (AvgIpc) is 2.15. The summed E-state index contributed by atoms with van der Waals surface area (Å²) in [5, 5.41) is 0. The number of nitrogens with two attached hydrogens (primary N) is 1. The molecule has 0 aromatic rings. The number of hydrogen-bond donors (Lipinski definition) is 1. The highest BCUT2D eigenvalue weighted by Crippen LogP contribution is 2.05. The topological polar surface area (TPSA) is 46.3 Å². The third-order valence-electron chi connectivity index (χ3n) is 2.10. The Balaban J connectivity index is 4.33. The number of hydrogen-bond acceptors (Lipinski definition) is 2. The summed E-state index contributed by atoms with van der Waals surface area (Å²) in [4.78, 5) is 13.9. The molecule has 0 bridgehead atoms. The number of nitrogens with zero attached hydrogens (tertiary/aromatic N) is 1. The van der Waals surface area contributed by atoms with Crippen LogP contribution in [-0.2, 0) is 4.79 Å². The van der Waals surface area contributed by atoms with E-state index in [0.717, 1.165) is 25.9 Å². The highest BCUT2D eigenvalue weighted by Gasteiger charge is 2.20. The van der Waals surface area contributed by atoms with Gasteiger partial charge in [-0.1, -0.05) is 26.1 Å². The van der Waals surface area contributed by atoms with Gasteiger partial charge in [0.05, 0.1) is 10.9 Å². The van der Waals surface area contributed by atoms with E-state index in [-0.39, 0.29) is 16.8 Å². The maximum atomic E-state index is 11.8. The molecule has 0 spiro atoms. The highest BCUT2D eigenvalue weighted by molar-refractivity contribution is 7.80. The van der Waals surface area contributed by atoms with Crippen molar-refractivity contribution in [1.82, 2.24) is 4.90 Å². The molecule has 0 aromatic carbocycles. The summed E-state index contributed by atoms with van der Waals surface area (Å²) >= 11 is 4.81. The Hall–Kier alpha value is -0.640. The van der Waals surface area contributed by atoms with Crippen LogP contribution < -0.4 is 5.73 Å². The third-order valence-corrected chi connectivity index (χ3v) is 2.45. The van der Waals surface area contributed by atoms with Crippen molar-refractivity contribution >= 4 is 23.1 Å². The minimum absolute atomic E-state index is 0.0567. The molecule has 3 nitrogen and oxygen atoms in total. The Morgan fingerprint density at radius 1 is 1.36 bits per heavy atom. The van der Waals surface area contributed by atoms with Crippen LogP contribution in [0.15, 0.2) is 0 Å². The maximum Gasteiger partial charge on any atom is 0.232 e. The van der Waals surface area contributed by atoms with Crippen LogP contribution >= 0.6 is 12.2 Å². The van der Waals surface area contributed by atoms with Crippen molar-refractivity contribution in [2.75, 3.05) is 13.1 Å². The first kappa shape index (κ1) is 13.4. The van der Waals surface area contributed by atoms with Crippen LogP contribution in [0.2, 0.25) is 0 Å². The molecule has 82 valence electrons. The Labute approximate surface area is 91.6 Å². The number of carbonyl (C=O) groups is 1. The molecule has 0 aliphatic heterocycles. The van der Waals surface area contributed by atoms with Crippen molar-refractivity contribution in [3.8, 4) is 0 Å². The summed E-state index contributed by atoms with van der Waals surface area (Å²) in [5.41, 5.74) is 5.45. The van der Waals surface area contributed by atoms with Crippen LogP contribution in [-0.4, -0.2) is 28.9 Å². The molecule has 0 aromatic heterocycles. The number of carbonyl (C=O) groups excluding carboxylic acids is 1. The number of amides is 1. The predicted molar refractivity (Wildman–Crippen MR) is 63.1 cm³/mol. The molecule has 14 heavy (non-hydrogen) atoms. The smallest absolute Gasteiger partial charge is 0.232 e. The molecule has 0 aliphatic rings. The van der Waals surface area contributed by atoms with Crippen molar-refractivity contribution in [3.63, 3.8) is 0 Å². The fraction of sp³-hybridized carbons (Fsp3) is 0.800. The molecule has 4 heteroatoms. The second kappa shape index (κ2) is 6.76. The van der Waals surface area contributed by atoms with Gasteiger partial charge in [0.15, 0.2) is 0 Å². The zero-order valence-corrected chi connectivity index (χ0v) is 10.1. The van der Waals surface area contributed by atoms with Crippen LogP contribution in [0.5, 0.6) is 0 Å². The van der Waals surface area contributed by atoms with Gasteiger partial charge in [0.1, 0.15) is 0 Å². The average molecular weight is 216 g/mol. The second-order valence-corrected chi connectivity index (χ2v) is 3.92. The van der Waals surface area contributed by atoms with E-state index in [2.05, 4.69) is 13.8 Å². The minimum atomic E-state index is -0.330. The monoisotopic (exact) mass is 216 g/mol. The first-order valence-electron chi connectivity index (χ1n) is 5.12. The van der Waals surface area contributed by atoms with E-state index in [1.807, 2.05) is 4.90 Å². The zero-order chi connectivity index (χ0) is 11.1. The summed E-state index contributed by atoms with van der Waals surface area (Å²) < 4.78 is 0. The van der Waals surface area contributed by atoms with Gasteiger partial charge in [-0.25, -0.2) is 0 Å². The number of rotatable bonds is 6. The van der Waals surface area contributed by atoms with Crippen LogP contribution in [0.4, 0.5) is 0 Å². The van der Waals surface area contributed by atoms with Crippen LogP contribution in [0.1, 0.15) is 33.6 Å². The lowest BCUT2D eigenvalue weighted by Crippen LogP contribution is -2.40. The molecule has 0 saturated carbocycles. The Morgan fingerprint density at radius 3 is 2.07 bits per heavy atom. The molecule has 0 fully saturated rings. The molecule has 0 saturated heterocycles. The van der Waals surface area contributed by atoms with Crippen molar-refractivity contribution < 1.29 is 4.79 Å². The minimum Gasteiger partial charge on any atom is -0.393 e. The van der Waals surface area contributed by atoms with Crippen molar-refractivity contribution in [2.45, 2.75) is 33.6 Å². The van der Waals surface area contributed by atoms with E-state index in [4.69, 9.17) is 18.0 Å². The fourth-order valence-corrected chi connectivity index (χ4v) is 1.37. The van der Waals surface area contributed by atoms with E-state index >= 15 is 0 Å². The first-order chi connectivity index (χ1) is 6.54. The molecule has 2 N–H and O–H groups in total. The van der Waals surface area contributed by atoms with Gasteiger partial charge in [-0.05, 0) is 19.8 Å². The van der Waals surface area contributed by atoms with E-state index in [1.54, 1.807) is 6.92 Å². The normalized spacial score (nSPS) is 12.2. The van der Waals surface area contributed by atoms with Gasteiger partial charge in [-0.3, -0.25) is 4.79 Å². The zero-order valence-electron chi connectivity index (χ0n) is 9.25. The summed E-state index contributed by atoms with van der Waals surface area (Å²) in [7, 11) is 0. The Kier molecular flexibility index (Phi) is 6.45. The number of thiocarbonyl (C=S) groups is 1. The van der Waals surface area contributed by atoms with Crippen molar-refractivity contribution in [2.24, 2.45) is 11.7 Å². The Morgan fingerprint density at radius 2 is 1.79 bits per heavy atom. The van der Waals surface area contributed by atoms with E-state index in [0.29, 0.717) is 0 Å². The fourth-order valence-electron chi connectivity index (χ4n) is 1.27. The summed E-state index contributed by atoms with van der Waals surface area (Å²) in [5.74, 6) is -0.274. The van der Waals surface area contributed by atoms with Gasteiger partial charge in [0.25, 0.3) is 0 Å². The molecular formula is C10H20N2OS. The molecule has 0 radical (unpaired) electrons. The molecule has 0 aliphatic carbocycles. The highest BCUT2D eigenvalue weighted by atomic mass is 32.1. The van der Waals surface area contributed by atoms with Crippen molar-refractivity contribution in [1.29, 1.82) is 0 Å². The van der Waals surface area contributed by atoms with Crippen LogP contribution in [0.3, 0.4) is 0 Å². The second-order valence-electron chi connectivity index (χ2n) is 3.45. The largest absolute Gasteiger partial charge is 0.393 e. The molecule has 1 atom stereocenters. The van der Waals surface area contributed by atoms with Gasteiger partial charge in [0.2, 0.25) is 5.91 Å². The molecule has 1 unspecified atom stereocenters. The lowest BCUT2D eigenvalue weighted by molar-refractivity contribution is -0.133. The summed E-state index contributed by atoms with van der Waals surface area (Å²) in [6, 6.07) is 0. The quantitative estimate of drug-likeness (QED) is 0.685. The predicted octanol–water partition coefficient (Wildman–Crippen LogP) is 1.56. The maximum absolute atomic E-state index is 11.8. The Bertz CT molecular complexity index is 200. The van der Waals surface area contributed by atoms with E-state index in [9.17, 15) is 4.79 Å². The van der Waals surface area contributed by atoms with Crippen molar-refractivity contribution in [3.05, 3.63) is 0 Å². The lowest BCUT2D eigenvalue weighted by Gasteiger charge is -2.24. The van der Waals surface area contributed by atoms with Gasteiger partial charge >= 0.3 is 0 Å². The van der Waals surface area contributed by atoms with Gasteiger partial charge in [0, 0.05) is 13.1 Å². The molecule has 1 amide bonds. The van der Waals surface area contributed by atoms with Gasteiger partial charge in [-0.2, -0.15) is 0 Å². The van der Waals surface area contributed by atoms with Gasteiger partial charge in [-0.15, -0.1) is 0 Å². The van der Waals surface area contributed by atoms with Gasteiger partial charge < -0.3 is 10.6 Å². The third kappa shape index (κ3) is 4.05. The van der Waals surface area contributed by atoms with E-state index < -0.39 is 0 Å². The lowest BCUT2D eigenvalue weighted by atomic mass is 10.1. The van der Waals surface area contributed by atoms with E-state index in [1.165, 1.54) is 0 Å². The van der Waals surface area contributed by atoms with Crippen LogP contribution in [0, 0.1) is 5.92 Å². The molecule has 0 rings (SSSR count). The molecule has 0 heterocycles. The summed E-state index contributed by atoms with van der Waals surface area (Å²) in [6.45, 7) is 7.46. The molecular weight excluding hydrogens is 196 g/mol. The SMILES string of the molecule is CCCN(CCC)C(=O)C(C)C(N)=S. The first-order valence-corrected chi connectivity index (χ1v) is 5.53. The standard InChI is InChI=1S/C10H20N2OS/c1-4-6-12(7-5-2)10(13)8(3)9(11)14/h8H,4-7H2,1-3H3,(H2,11,14). The van der Waals surface area contributed by atoms with Crippen LogP contribution in [0.25, 0.3) is 0 Å².